The van der Waals surface area contributed by atoms with E-state index in [2.05, 4.69) is 56.4 Å². The Labute approximate surface area is 146 Å². The molecule has 1 aromatic rings. The third-order valence-corrected chi connectivity index (χ3v) is 4.60. The number of carbonyl (C=O) groups excluding carboxylic acids is 1. The number of nitrogens with zero attached hydrogens (tertiary/aromatic N) is 1. The fourth-order valence-corrected chi connectivity index (χ4v) is 3.64. The van der Waals surface area contributed by atoms with Gasteiger partial charge in [0.15, 0.2) is 0 Å². The zero-order chi connectivity index (χ0) is 17.7. The van der Waals surface area contributed by atoms with Crippen molar-refractivity contribution in [1.29, 1.82) is 0 Å². The van der Waals surface area contributed by atoms with Gasteiger partial charge in [-0.15, -0.1) is 0 Å². The lowest BCUT2D eigenvalue weighted by Gasteiger charge is -2.32. The summed E-state index contributed by atoms with van der Waals surface area (Å²) < 4.78 is 0. The highest BCUT2D eigenvalue weighted by atomic mass is 16.2. The molecule has 0 bridgehead atoms. The molecule has 4 nitrogen and oxygen atoms in total. The summed E-state index contributed by atoms with van der Waals surface area (Å²) in [6.45, 7) is 12.9. The fraction of sp³-hybridized carbons (Fsp3) is 0.550. The minimum Gasteiger partial charge on any atom is -0.372 e. The molecule has 0 unspecified atom stereocenters. The fourth-order valence-electron chi connectivity index (χ4n) is 3.64. The van der Waals surface area contributed by atoms with E-state index in [1.165, 1.54) is 6.42 Å². The summed E-state index contributed by atoms with van der Waals surface area (Å²) in [6.07, 6.45) is 4.39. The highest BCUT2D eigenvalue weighted by Gasteiger charge is 2.25. The smallest absolute Gasteiger partial charge is 0.269 e. The highest BCUT2D eigenvalue weighted by Crippen LogP contribution is 2.35. The Bertz CT molecular complexity index is 585. The van der Waals surface area contributed by atoms with Crippen LogP contribution < -0.4 is 15.8 Å². The first-order valence-corrected chi connectivity index (χ1v) is 8.97. The van der Waals surface area contributed by atoms with Crippen LogP contribution in [0.5, 0.6) is 0 Å². The van der Waals surface area contributed by atoms with Crippen LogP contribution in [0, 0.1) is 11.3 Å². The Morgan fingerprint density at radius 3 is 2.38 bits per heavy atom. The molecule has 1 atom stereocenters. The molecule has 0 aromatic heterocycles. The van der Waals surface area contributed by atoms with Gasteiger partial charge in [-0.1, -0.05) is 26.8 Å². The molecule has 24 heavy (non-hydrogen) atoms. The zero-order valence-electron chi connectivity index (χ0n) is 15.6. The van der Waals surface area contributed by atoms with Gasteiger partial charge in [-0.3, -0.25) is 10.2 Å². The number of hydrogen-bond acceptors (Lipinski definition) is 3. The molecule has 2 N–H and O–H groups in total. The third kappa shape index (κ3) is 4.76. The molecule has 0 radical (unpaired) electrons. The van der Waals surface area contributed by atoms with Gasteiger partial charge in [0.2, 0.25) is 0 Å². The number of hydrazine groups is 1. The molecule has 0 aliphatic heterocycles. The monoisotopic (exact) mass is 329 g/mol. The minimum atomic E-state index is -0.0990. The van der Waals surface area contributed by atoms with Crippen LogP contribution in [-0.4, -0.2) is 19.0 Å². The number of anilines is 1. The lowest BCUT2D eigenvalue weighted by Crippen LogP contribution is -2.39. The third-order valence-electron chi connectivity index (χ3n) is 4.60. The number of amides is 1. The second-order valence-electron chi connectivity index (χ2n) is 7.47. The van der Waals surface area contributed by atoms with Gasteiger partial charge in [0.25, 0.3) is 5.91 Å². The molecule has 0 saturated heterocycles. The van der Waals surface area contributed by atoms with Crippen molar-refractivity contribution in [3.05, 3.63) is 41.6 Å². The van der Waals surface area contributed by atoms with E-state index in [-0.39, 0.29) is 11.3 Å². The number of nitrogens with one attached hydrogen (secondary N) is 2. The average molecular weight is 329 g/mol. The van der Waals surface area contributed by atoms with Crippen molar-refractivity contribution in [2.24, 2.45) is 11.3 Å². The van der Waals surface area contributed by atoms with Crippen molar-refractivity contribution in [3.63, 3.8) is 0 Å². The predicted octanol–water partition coefficient (Wildman–Crippen LogP) is 4.11. The van der Waals surface area contributed by atoms with Crippen LogP contribution in [0.3, 0.4) is 0 Å². The average Bonchev–Trinajstić information content (AvgIpc) is 2.52. The van der Waals surface area contributed by atoms with Crippen molar-refractivity contribution in [2.45, 2.75) is 47.5 Å². The number of hydrogen-bond donors (Lipinski definition) is 2. The van der Waals surface area contributed by atoms with E-state index in [9.17, 15) is 4.79 Å². The van der Waals surface area contributed by atoms with Gasteiger partial charge in [-0.25, -0.2) is 0 Å². The second-order valence-corrected chi connectivity index (χ2v) is 7.47. The maximum atomic E-state index is 12.3. The van der Waals surface area contributed by atoms with Gasteiger partial charge in [0.1, 0.15) is 0 Å². The van der Waals surface area contributed by atoms with Gasteiger partial charge in [-0.2, -0.15) is 0 Å². The Balaban J connectivity index is 1.96. The lowest BCUT2D eigenvalue weighted by molar-refractivity contribution is 0.0936. The van der Waals surface area contributed by atoms with Crippen LogP contribution >= 0.6 is 0 Å². The van der Waals surface area contributed by atoms with Crippen LogP contribution in [-0.2, 0) is 0 Å². The molecule has 2 rings (SSSR count). The molecule has 1 aliphatic rings. The first-order valence-electron chi connectivity index (χ1n) is 8.97. The van der Waals surface area contributed by atoms with Gasteiger partial charge in [0.05, 0.1) is 0 Å². The van der Waals surface area contributed by atoms with Crippen molar-refractivity contribution in [2.75, 3.05) is 18.0 Å². The van der Waals surface area contributed by atoms with Gasteiger partial charge >= 0.3 is 0 Å². The molecule has 1 aromatic carbocycles. The first-order chi connectivity index (χ1) is 11.3. The number of benzene rings is 1. The van der Waals surface area contributed by atoms with E-state index >= 15 is 0 Å². The topological polar surface area (TPSA) is 44.4 Å². The van der Waals surface area contributed by atoms with Crippen LogP contribution in [0.15, 0.2) is 36.0 Å². The number of allylic oxidation sites excluding steroid dienone is 2. The summed E-state index contributed by atoms with van der Waals surface area (Å²) >= 11 is 0. The summed E-state index contributed by atoms with van der Waals surface area (Å²) in [7, 11) is 0. The summed E-state index contributed by atoms with van der Waals surface area (Å²) in [5.74, 6) is 0.524. The lowest BCUT2D eigenvalue weighted by atomic mass is 9.76. The summed E-state index contributed by atoms with van der Waals surface area (Å²) in [5.41, 5.74) is 9.05. The van der Waals surface area contributed by atoms with E-state index in [4.69, 9.17) is 0 Å². The Morgan fingerprint density at radius 2 is 1.83 bits per heavy atom. The number of rotatable bonds is 6. The molecule has 0 heterocycles. The zero-order valence-corrected chi connectivity index (χ0v) is 15.6. The van der Waals surface area contributed by atoms with Crippen molar-refractivity contribution >= 4 is 11.6 Å². The second kappa shape index (κ2) is 7.73. The van der Waals surface area contributed by atoms with E-state index < -0.39 is 0 Å². The van der Waals surface area contributed by atoms with Gasteiger partial charge in [-0.05, 0) is 62.3 Å². The van der Waals surface area contributed by atoms with Gasteiger partial charge < -0.3 is 10.3 Å². The van der Waals surface area contributed by atoms with E-state index in [1.807, 2.05) is 24.3 Å². The normalized spacial score (nSPS) is 19.4. The standard InChI is InChI=1S/C20H31N3O/c1-6-23(7-2)18-10-8-16(9-11-18)19(24)22-21-17-12-15(3)13-20(4,5)14-17/h8-11,14-15,21H,6-7,12-13H2,1-5H3,(H,22,24)/t15-/m1/s1. The van der Waals surface area contributed by atoms with Crippen LogP contribution in [0.1, 0.15) is 57.8 Å². The molecule has 0 fully saturated rings. The maximum absolute atomic E-state index is 12.3. The minimum absolute atomic E-state index is 0.0990. The van der Waals surface area contributed by atoms with Gasteiger partial charge in [0, 0.05) is 30.0 Å². The summed E-state index contributed by atoms with van der Waals surface area (Å²) in [5, 5.41) is 0. The predicted molar refractivity (Wildman–Crippen MR) is 101 cm³/mol. The van der Waals surface area contributed by atoms with E-state index in [0.29, 0.717) is 11.5 Å². The maximum Gasteiger partial charge on any atom is 0.269 e. The quantitative estimate of drug-likeness (QED) is 0.772. The largest absolute Gasteiger partial charge is 0.372 e. The van der Waals surface area contributed by atoms with Crippen LogP contribution in [0.25, 0.3) is 0 Å². The highest BCUT2D eigenvalue weighted by molar-refractivity contribution is 5.94. The molecular weight excluding hydrogens is 298 g/mol. The van der Waals surface area contributed by atoms with Crippen molar-refractivity contribution < 1.29 is 4.79 Å². The molecule has 1 amide bonds. The van der Waals surface area contributed by atoms with Crippen LogP contribution in [0.2, 0.25) is 0 Å². The van der Waals surface area contributed by atoms with Crippen molar-refractivity contribution in [1.82, 2.24) is 10.9 Å². The van der Waals surface area contributed by atoms with E-state index in [1.54, 1.807) is 0 Å². The molecule has 132 valence electrons. The molecular formula is C20H31N3O. The first kappa shape index (κ1) is 18.4. The molecule has 1 aliphatic carbocycles. The molecule has 4 heteroatoms. The SMILES string of the molecule is CCN(CC)c1ccc(C(=O)NNC2=CC(C)(C)C[C@H](C)C2)cc1. The molecule has 0 saturated carbocycles. The number of carbonyl (C=O) groups is 1. The Kier molecular flexibility index (Phi) is 5.92. The van der Waals surface area contributed by atoms with Crippen molar-refractivity contribution in [3.8, 4) is 0 Å². The summed E-state index contributed by atoms with van der Waals surface area (Å²) in [4.78, 5) is 14.6. The summed E-state index contributed by atoms with van der Waals surface area (Å²) in [6, 6.07) is 7.78. The molecule has 0 spiro atoms. The Hall–Kier alpha value is -1.97. The Morgan fingerprint density at radius 1 is 1.21 bits per heavy atom. The van der Waals surface area contributed by atoms with E-state index in [0.717, 1.165) is 30.9 Å². The van der Waals surface area contributed by atoms with Crippen LogP contribution in [0.4, 0.5) is 5.69 Å².